The Morgan fingerprint density at radius 2 is 2.38 bits per heavy atom. The molecule has 0 atom stereocenters. The van der Waals surface area contributed by atoms with Crippen LogP contribution in [0.4, 0.5) is 0 Å². The Bertz CT molecular complexity index is 163. The number of ether oxygens (including phenoxy) is 1. The van der Waals surface area contributed by atoms with Crippen molar-refractivity contribution in [3.05, 3.63) is 11.6 Å². The molecule has 1 aliphatic heterocycles. The normalized spacial score (nSPS) is 17.6. The average molecular weight is 183 g/mol. The zero-order chi connectivity index (χ0) is 9.52. The van der Waals surface area contributed by atoms with E-state index in [1.165, 1.54) is 6.42 Å². The van der Waals surface area contributed by atoms with Crippen molar-refractivity contribution in [2.45, 2.75) is 26.7 Å². The summed E-state index contributed by atoms with van der Waals surface area (Å²) in [5, 5.41) is 3.45. The molecule has 0 unspecified atom stereocenters. The van der Waals surface area contributed by atoms with Gasteiger partial charge < -0.3 is 10.1 Å². The predicted molar refractivity (Wildman–Crippen MR) is 55.8 cm³/mol. The van der Waals surface area contributed by atoms with Gasteiger partial charge in [-0.05, 0) is 31.8 Å². The van der Waals surface area contributed by atoms with Crippen LogP contribution < -0.4 is 5.32 Å². The first-order valence-electron chi connectivity index (χ1n) is 5.25. The molecule has 0 amide bonds. The predicted octanol–water partition coefficient (Wildman–Crippen LogP) is 1.97. The molecule has 0 saturated carbocycles. The molecule has 1 aliphatic rings. The third kappa shape index (κ3) is 5.06. The Morgan fingerprint density at radius 3 is 3.00 bits per heavy atom. The largest absolute Gasteiger partial charge is 0.377 e. The second-order valence-electron chi connectivity index (χ2n) is 4.04. The van der Waals surface area contributed by atoms with E-state index in [2.05, 4.69) is 25.2 Å². The summed E-state index contributed by atoms with van der Waals surface area (Å²) in [6, 6.07) is 0. The van der Waals surface area contributed by atoms with Crippen LogP contribution in [0.5, 0.6) is 0 Å². The summed E-state index contributed by atoms with van der Waals surface area (Å²) in [6.45, 7) is 8.45. The molecule has 0 aromatic rings. The van der Waals surface area contributed by atoms with Crippen molar-refractivity contribution in [1.82, 2.24) is 5.32 Å². The molecule has 0 aromatic carbocycles. The first-order chi connectivity index (χ1) is 6.29. The fraction of sp³-hybridized carbons (Fsp3) is 0.818. The van der Waals surface area contributed by atoms with Gasteiger partial charge in [0.25, 0.3) is 0 Å². The highest BCUT2D eigenvalue weighted by Gasteiger charge is 2.02. The Hall–Kier alpha value is -0.340. The van der Waals surface area contributed by atoms with E-state index in [0.717, 1.165) is 38.6 Å². The lowest BCUT2D eigenvalue weighted by molar-refractivity contribution is 0.153. The number of nitrogens with one attached hydrogen (secondary N) is 1. The minimum Gasteiger partial charge on any atom is -0.377 e. The van der Waals surface area contributed by atoms with E-state index in [9.17, 15) is 0 Å². The smallest absolute Gasteiger partial charge is 0.0650 e. The average Bonchev–Trinajstić information content (AvgIpc) is 2.14. The van der Waals surface area contributed by atoms with Gasteiger partial charge in [-0.15, -0.1) is 0 Å². The number of hydrogen-bond donors (Lipinski definition) is 1. The van der Waals surface area contributed by atoms with Crippen molar-refractivity contribution in [2.75, 3.05) is 26.3 Å². The molecule has 0 spiro atoms. The third-order valence-corrected chi connectivity index (χ3v) is 2.23. The van der Waals surface area contributed by atoms with Gasteiger partial charge in [0.2, 0.25) is 0 Å². The molecular weight excluding hydrogens is 162 g/mol. The summed E-state index contributed by atoms with van der Waals surface area (Å²) in [4.78, 5) is 0. The fourth-order valence-electron chi connectivity index (χ4n) is 1.43. The summed E-state index contributed by atoms with van der Waals surface area (Å²) >= 11 is 0. The molecular formula is C11H21NO. The first kappa shape index (κ1) is 10.7. The van der Waals surface area contributed by atoms with Gasteiger partial charge in [0.1, 0.15) is 0 Å². The summed E-state index contributed by atoms with van der Waals surface area (Å²) in [6.07, 6.45) is 4.54. The van der Waals surface area contributed by atoms with Crippen LogP contribution in [0.1, 0.15) is 26.7 Å². The minimum absolute atomic E-state index is 0.753. The highest BCUT2D eigenvalue weighted by Crippen LogP contribution is 2.10. The number of hydrogen-bond acceptors (Lipinski definition) is 2. The van der Waals surface area contributed by atoms with Crippen LogP contribution in [0.3, 0.4) is 0 Å². The molecule has 2 heteroatoms. The van der Waals surface area contributed by atoms with E-state index in [1.54, 1.807) is 5.57 Å². The van der Waals surface area contributed by atoms with Crippen LogP contribution in [0.25, 0.3) is 0 Å². The van der Waals surface area contributed by atoms with Crippen molar-refractivity contribution in [3.8, 4) is 0 Å². The van der Waals surface area contributed by atoms with Crippen molar-refractivity contribution in [1.29, 1.82) is 0 Å². The van der Waals surface area contributed by atoms with Gasteiger partial charge in [0.05, 0.1) is 13.2 Å². The second-order valence-corrected chi connectivity index (χ2v) is 4.04. The molecule has 2 nitrogen and oxygen atoms in total. The lowest BCUT2D eigenvalue weighted by atomic mass is 10.1. The molecule has 1 heterocycles. The number of rotatable bonds is 5. The molecule has 1 N–H and O–H groups in total. The van der Waals surface area contributed by atoms with Crippen LogP contribution in [0.2, 0.25) is 0 Å². The maximum absolute atomic E-state index is 5.25. The zero-order valence-corrected chi connectivity index (χ0v) is 8.81. The van der Waals surface area contributed by atoms with Gasteiger partial charge in [-0.25, -0.2) is 0 Å². The van der Waals surface area contributed by atoms with Gasteiger partial charge in [-0.1, -0.05) is 25.5 Å². The molecule has 0 aromatic heterocycles. The Labute approximate surface area is 81.4 Å². The third-order valence-electron chi connectivity index (χ3n) is 2.23. The van der Waals surface area contributed by atoms with Crippen molar-refractivity contribution in [2.24, 2.45) is 5.92 Å². The highest BCUT2D eigenvalue weighted by molar-refractivity contribution is 5.04. The summed E-state index contributed by atoms with van der Waals surface area (Å²) in [5.74, 6) is 0.753. The van der Waals surface area contributed by atoms with Crippen LogP contribution in [0.15, 0.2) is 11.6 Å². The Morgan fingerprint density at radius 1 is 1.54 bits per heavy atom. The second kappa shape index (κ2) is 6.17. The minimum atomic E-state index is 0.753. The van der Waals surface area contributed by atoms with Crippen molar-refractivity contribution in [3.63, 3.8) is 0 Å². The highest BCUT2D eigenvalue weighted by atomic mass is 16.5. The molecule has 13 heavy (non-hydrogen) atoms. The van der Waals surface area contributed by atoms with E-state index in [0.29, 0.717) is 0 Å². The molecule has 0 fully saturated rings. The maximum atomic E-state index is 5.25. The van der Waals surface area contributed by atoms with Gasteiger partial charge in [-0.2, -0.15) is 0 Å². The Kier molecular flexibility index (Phi) is 5.09. The maximum Gasteiger partial charge on any atom is 0.0650 e. The van der Waals surface area contributed by atoms with E-state index >= 15 is 0 Å². The molecule has 0 aliphatic carbocycles. The molecule has 1 rings (SSSR count). The lowest BCUT2D eigenvalue weighted by Gasteiger charge is -2.14. The van der Waals surface area contributed by atoms with Gasteiger partial charge in [-0.3, -0.25) is 0 Å². The van der Waals surface area contributed by atoms with Crippen LogP contribution >= 0.6 is 0 Å². The molecule has 0 radical (unpaired) electrons. The molecule has 0 saturated heterocycles. The SMILES string of the molecule is CC(C)CNCCC1=CCOCC1. The summed E-state index contributed by atoms with van der Waals surface area (Å²) in [7, 11) is 0. The quantitative estimate of drug-likeness (QED) is 0.520. The van der Waals surface area contributed by atoms with E-state index < -0.39 is 0 Å². The van der Waals surface area contributed by atoms with E-state index in [4.69, 9.17) is 4.74 Å². The summed E-state index contributed by atoms with van der Waals surface area (Å²) < 4.78 is 5.25. The molecule has 0 bridgehead atoms. The standard InChI is InChI=1S/C11H21NO/c1-10(2)9-12-6-3-11-4-7-13-8-5-11/h4,10,12H,3,5-9H2,1-2H3. The van der Waals surface area contributed by atoms with Crippen LogP contribution in [0, 0.1) is 5.92 Å². The van der Waals surface area contributed by atoms with E-state index in [-0.39, 0.29) is 0 Å². The Balaban J connectivity index is 2.01. The van der Waals surface area contributed by atoms with Crippen LogP contribution in [-0.2, 0) is 4.74 Å². The monoisotopic (exact) mass is 183 g/mol. The first-order valence-corrected chi connectivity index (χ1v) is 5.25. The van der Waals surface area contributed by atoms with Gasteiger partial charge in [0.15, 0.2) is 0 Å². The topological polar surface area (TPSA) is 21.3 Å². The van der Waals surface area contributed by atoms with Gasteiger partial charge in [0, 0.05) is 0 Å². The molecule has 76 valence electrons. The van der Waals surface area contributed by atoms with Crippen molar-refractivity contribution < 1.29 is 4.74 Å². The zero-order valence-electron chi connectivity index (χ0n) is 8.81. The fourth-order valence-corrected chi connectivity index (χ4v) is 1.43. The van der Waals surface area contributed by atoms with Gasteiger partial charge >= 0.3 is 0 Å². The van der Waals surface area contributed by atoms with Crippen molar-refractivity contribution >= 4 is 0 Å². The lowest BCUT2D eigenvalue weighted by Crippen LogP contribution is -2.21. The van der Waals surface area contributed by atoms with Crippen LogP contribution in [-0.4, -0.2) is 26.3 Å². The van der Waals surface area contributed by atoms with E-state index in [1.807, 2.05) is 0 Å². The summed E-state index contributed by atoms with van der Waals surface area (Å²) in [5.41, 5.74) is 1.56.